The second-order valence-corrected chi connectivity index (χ2v) is 8.11. The molecule has 3 aromatic rings. The van der Waals surface area contributed by atoms with Crippen LogP contribution in [0.2, 0.25) is 5.02 Å². The number of hydrogen-bond acceptors (Lipinski definition) is 2. The lowest BCUT2D eigenvalue weighted by Gasteiger charge is -2.33. The quantitative estimate of drug-likeness (QED) is 0.492. The first-order chi connectivity index (χ1) is 14.8. The van der Waals surface area contributed by atoms with Crippen LogP contribution in [0.4, 0.5) is 13.2 Å². The lowest BCUT2D eigenvalue weighted by atomic mass is 9.86. The van der Waals surface area contributed by atoms with E-state index in [1.165, 1.54) is 12.1 Å². The van der Waals surface area contributed by atoms with E-state index in [9.17, 15) is 22.8 Å². The Labute approximate surface area is 182 Å². The Bertz CT molecular complexity index is 1130. The molecule has 0 saturated carbocycles. The Hall–Kier alpha value is -2.80. The SMILES string of the molecule is O=CCn1cc(C(=O)N2CCC(c3ccccc3C(F)(F)F)CC2)c2ccc(Cl)cc21. The minimum atomic E-state index is -4.40. The number of aldehydes is 1. The van der Waals surface area contributed by atoms with E-state index < -0.39 is 11.7 Å². The molecule has 0 unspecified atom stereocenters. The number of alkyl halides is 3. The van der Waals surface area contributed by atoms with Gasteiger partial charge in [0.1, 0.15) is 6.29 Å². The van der Waals surface area contributed by atoms with E-state index in [1.807, 2.05) is 0 Å². The number of rotatable bonds is 4. The van der Waals surface area contributed by atoms with Crippen molar-refractivity contribution in [2.45, 2.75) is 31.5 Å². The van der Waals surface area contributed by atoms with E-state index in [0.29, 0.717) is 53.0 Å². The van der Waals surface area contributed by atoms with Gasteiger partial charge in [-0.05, 0) is 42.5 Å². The van der Waals surface area contributed by atoms with Gasteiger partial charge in [-0.25, -0.2) is 0 Å². The summed E-state index contributed by atoms with van der Waals surface area (Å²) in [5.41, 5.74) is 0.840. The largest absolute Gasteiger partial charge is 0.416 e. The van der Waals surface area contributed by atoms with Crippen molar-refractivity contribution in [1.29, 1.82) is 0 Å². The maximum absolute atomic E-state index is 13.4. The molecule has 0 radical (unpaired) electrons. The van der Waals surface area contributed by atoms with E-state index in [1.54, 1.807) is 39.9 Å². The minimum Gasteiger partial charge on any atom is -0.339 e. The topological polar surface area (TPSA) is 42.3 Å². The van der Waals surface area contributed by atoms with E-state index >= 15 is 0 Å². The van der Waals surface area contributed by atoms with Crippen LogP contribution in [0.15, 0.2) is 48.7 Å². The van der Waals surface area contributed by atoms with E-state index in [2.05, 4.69) is 0 Å². The summed E-state index contributed by atoms with van der Waals surface area (Å²) in [5, 5.41) is 1.20. The lowest BCUT2D eigenvalue weighted by molar-refractivity contribution is -0.138. The van der Waals surface area contributed by atoms with Gasteiger partial charge in [0.2, 0.25) is 0 Å². The molecule has 31 heavy (non-hydrogen) atoms. The number of piperidine rings is 1. The molecule has 1 fully saturated rings. The second-order valence-electron chi connectivity index (χ2n) is 7.67. The number of benzene rings is 2. The third kappa shape index (κ3) is 4.19. The fraction of sp³-hybridized carbons (Fsp3) is 0.304. The summed E-state index contributed by atoms with van der Waals surface area (Å²) >= 11 is 6.07. The molecule has 2 heterocycles. The molecule has 0 atom stereocenters. The second kappa shape index (κ2) is 8.38. The fourth-order valence-electron chi connectivity index (χ4n) is 4.34. The van der Waals surface area contributed by atoms with Crippen LogP contribution in [-0.4, -0.2) is 34.7 Å². The van der Waals surface area contributed by atoms with Gasteiger partial charge in [-0.2, -0.15) is 13.2 Å². The van der Waals surface area contributed by atoms with Crippen LogP contribution < -0.4 is 0 Å². The smallest absolute Gasteiger partial charge is 0.339 e. The first-order valence-electron chi connectivity index (χ1n) is 9.97. The molecule has 1 amide bonds. The summed E-state index contributed by atoms with van der Waals surface area (Å²) in [6, 6.07) is 10.8. The summed E-state index contributed by atoms with van der Waals surface area (Å²) in [6.07, 6.45) is -1.10. The van der Waals surface area contributed by atoms with E-state index in [0.717, 1.165) is 12.4 Å². The monoisotopic (exact) mass is 448 g/mol. The molecule has 162 valence electrons. The normalized spacial score (nSPS) is 15.4. The number of halogens is 4. The van der Waals surface area contributed by atoms with Gasteiger partial charge in [-0.1, -0.05) is 35.9 Å². The highest BCUT2D eigenvalue weighted by atomic mass is 35.5. The molecular weight excluding hydrogens is 429 g/mol. The van der Waals surface area contributed by atoms with Crippen molar-refractivity contribution in [3.63, 3.8) is 0 Å². The van der Waals surface area contributed by atoms with Crippen molar-refractivity contribution < 1.29 is 22.8 Å². The van der Waals surface area contributed by atoms with Crippen molar-refractivity contribution in [2.24, 2.45) is 0 Å². The molecule has 0 aliphatic carbocycles. The average Bonchev–Trinajstić information content (AvgIpc) is 3.10. The molecule has 1 aliphatic rings. The zero-order valence-corrected chi connectivity index (χ0v) is 17.3. The van der Waals surface area contributed by atoms with Crippen LogP contribution in [0.25, 0.3) is 10.9 Å². The van der Waals surface area contributed by atoms with Gasteiger partial charge in [0.15, 0.2) is 0 Å². The Morgan fingerprint density at radius 3 is 2.52 bits per heavy atom. The van der Waals surface area contributed by atoms with Gasteiger partial charge in [0, 0.05) is 29.7 Å². The van der Waals surface area contributed by atoms with Gasteiger partial charge >= 0.3 is 6.18 Å². The molecule has 0 spiro atoms. The summed E-state index contributed by atoms with van der Waals surface area (Å²) < 4.78 is 41.8. The van der Waals surface area contributed by atoms with Crippen LogP contribution in [0.5, 0.6) is 0 Å². The molecule has 0 N–H and O–H groups in total. The number of likely N-dealkylation sites (tertiary alicyclic amines) is 1. The Morgan fingerprint density at radius 1 is 1.13 bits per heavy atom. The number of hydrogen-bond donors (Lipinski definition) is 0. The molecule has 1 aromatic heterocycles. The van der Waals surface area contributed by atoms with Gasteiger partial charge in [-0.3, -0.25) is 4.79 Å². The van der Waals surface area contributed by atoms with Crippen molar-refractivity contribution in [2.75, 3.05) is 13.1 Å². The highest BCUT2D eigenvalue weighted by molar-refractivity contribution is 6.31. The number of carbonyl (C=O) groups is 2. The van der Waals surface area contributed by atoms with E-state index in [4.69, 9.17) is 11.6 Å². The van der Waals surface area contributed by atoms with Gasteiger partial charge in [0.25, 0.3) is 5.91 Å². The number of aromatic nitrogens is 1. The number of carbonyl (C=O) groups excluding carboxylic acids is 2. The standard InChI is InChI=1S/C23H20ClF3N2O2/c24-16-5-6-18-19(14-29(11-12-30)21(18)13-16)22(31)28-9-7-15(8-10-28)17-3-1-2-4-20(17)23(25,26)27/h1-6,12-15H,7-11H2. The molecule has 4 nitrogen and oxygen atoms in total. The first-order valence-corrected chi connectivity index (χ1v) is 10.3. The third-order valence-electron chi connectivity index (χ3n) is 5.83. The summed E-state index contributed by atoms with van der Waals surface area (Å²) in [7, 11) is 0. The zero-order chi connectivity index (χ0) is 22.2. The summed E-state index contributed by atoms with van der Waals surface area (Å²) in [4.78, 5) is 25.9. The molecule has 2 aromatic carbocycles. The number of amides is 1. The molecule has 1 saturated heterocycles. The number of fused-ring (bicyclic) bond motifs is 1. The summed E-state index contributed by atoms with van der Waals surface area (Å²) in [6.45, 7) is 0.827. The maximum Gasteiger partial charge on any atom is 0.416 e. The Balaban J connectivity index is 1.55. The predicted molar refractivity (Wildman–Crippen MR) is 112 cm³/mol. The molecule has 4 rings (SSSR count). The first kappa shape index (κ1) is 21.4. The molecule has 1 aliphatic heterocycles. The highest BCUT2D eigenvalue weighted by Crippen LogP contribution is 2.39. The Kier molecular flexibility index (Phi) is 5.79. The van der Waals surface area contributed by atoms with Crippen LogP contribution in [-0.2, 0) is 17.5 Å². The van der Waals surface area contributed by atoms with Crippen molar-refractivity contribution in [3.05, 3.63) is 70.4 Å². The number of nitrogens with zero attached hydrogens (tertiary/aromatic N) is 2. The molecule has 8 heteroatoms. The van der Waals surface area contributed by atoms with Gasteiger partial charge < -0.3 is 14.3 Å². The highest BCUT2D eigenvalue weighted by Gasteiger charge is 2.36. The van der Waals surface area contributed by atoms with E-state index in [-0.39, 0.29) is 18.4 Å². The van der Waals surface area contributed by atoms with Crippen molar-refractivity contribution in [1.82, 2.24) is 9.47 Å². The third-order valence-corrected chi connectivity index (χ3v) is 6.07. The van der Waals surface area contributed by atoms with Gasteiger partial charge in [-0.15, -0.1) is 0 Å². The van der Waals surface area contributed by atoms with Crippen molar-refractivity contribution >= 4 is 34.7 Å². The molecular formula is C23H20ClF3N2O2. The van der Waals surface area contributed by atoms with Gasteiger partial charge in [0.05, 0.1) is 23.2 Å². The van der Waals surface area contributed by atoms with Crippen LogP contribution in [0.3, 0.4) is 0 Å². The van der Waals surface area contributed by atoms with Crippen LogP contribution in [0, 0.1) is 0 Å². The van der Waals surface area contributed by atoms with Crippen LogP contribution >= 0.6 is 11.6 Å². The zero-order valence-electron chi connectivity index (χ0n) is 16.5. The van der Waals surface area contributed by atoms with Crippen LogP contribution in [0.1, 0.15) is 40.2 Å². The Morgan fingerprint density at radius 2 is 1.84 bits per heavy atom. The lowest BCUT2D eigenvalue weighted by Crippen LogP contribution is -2.38. The minimum absolute atomic E-state index is 0.0976. The van der Waals surface area contributed by atoms with Crippen molar-refractivity contribution in [3.8, 4) is 0 Å². The average molecular weight is 449 g/mol. The fourth-order valence-corrected chi connectivity index (χ4v) is 4.51. The maximum atomic E-state index is 13.4. The predicted octanol–water partition coefficient (Wildman–Crippen LogP) is 5.53. The summed E-state index contributed by atoms with van der Waals surface area (Å²) in [5.74, 6) is -0.448. The molecule has 0 bridgehead atoms.